The molecule has 0 saturated carbocycles. The summed E-state index contributed by atoms with van der Waals surface area (Å²) < 4.78 is 12.2. The first-order valence-corrected chi connectivity index (χ1v) is 2.62. The molecule has 0 unspecified atom stereocenters. The molecule has 0 spiro atoms. The van der Waals surface area contributed by atoms with Gasteiger partial charge in [-0.3, -0.25) is 0 Å². The molecular formula is CNO4P-2. The summed E-state index contributed by atoms with van der Waals surface area (Å²) in [4.78, 5) is 18.5. The second kappa shape index (κ2) is 1.94. The molecule has 0 rings (SSSR count). The number of hydrogen-bond acceptors (Lipinski definition) is 5. The zero-order valence-electron chi connectivity index (χ0n) is 3.03. The smallest absolute Gasteiger partial charge is 0.289 e. The molecule has 7 heavy (non-hydrogen) atoms. The zero-order chi connectivity index (χ0) is 5.91. The van der Waals surface area contributed by atoms with Gasteiger partial charge < -0.3 is 18.9 Å². The first-order chi connectivity index (χ1) is 3.06. The van der Waals surface area contributed by atoms with Crippen molar-refractivity contribution < 1.29 is 18.9 Å². The molecule has 0 aromatic carbocycles. The van der Waals surface area contributed by atoms with Crippen molar-refractivity contribution in [1.29, 1.82) is 5.26 Å². The van der Waals surface area contributed by atoms with Gasteiger partial charge >= 0.3 is 0 Å². The summed E-state index contributed by atoms with van der Waals surface area (Å²) in [5, 5.41) is 7.36. The topological polar surface area (TPSA) is 96.2 Å². The van der Waals surface area contributed by atoms with E-state index in [1.54, 1.807) is 0 Å². The molecule has 0 saturated heterocycles. The summed E-state index contributed by atoms with van der Waals surface area (Å²) in [6.45, 7) is 0. The standard InChI is InChI=1S/CH2NO4P/c2-1-6-7(3,4)5/h(H2,3,4,5)/p-2. The number of hydrogen-bond donors (Lipinski definition) is 0. The Morgan fingerprint density at radius 1 is 1.71 bits per heavy atom. The summed E-state index contributed by atoms with van der Waals surface area (Å²) in [6.07, 6.45) is 0.720. The lowest BCUT2D eigenvalue weighted by Gasteiger charge is -2.22. The zero-order valence-corrected chi connectivity index (χ0v) is 3.92. The Bertz CT molecular complexity index is 129. The summed E-state index contributed by atoms with van der Waals surface area (Å²) >= 11 is 0. The highest BCUT2D eigenvalue weighted by Gasteiger charge is 1.82. The molecule has 0 amide bonds. The van der Waals surface area contributed by atoms with Gasteiger partial charge in [0, 0.05) is 0 Å². The third-order valence-electron chi connectivity index (χ3n) is 0.153. The van der Waals surface area contributed by atoms with E-state index in [0.717, 1.165) is 6.26 Å². The van der Waals surface area contributed by atoms with Gasteiger partial charge in [-0.25, -0.2) is 0 Å². The van der Waals surface area contributed by atoms with E-state index in [9.17, 15) is 14.4 Å². The molecule has 0 radical (unpaired) electrons. The molecule has 5 nitrogen and oxygen atoms in total. The quantitative estimate of drug-likeness (QED) is 0.304. The highest BCUT2D eigenvalue weighted by atomic mass is 31.2. The number of rotatable bonds is 1. The Kier molecular flexibility index (Phi) is 1.78. The van der Waals surface area contributed by atoms with Crippen molar-refractivity contribution in [3.8, 4) is 6.26 Å². The Morgan fingerprint density at radius 2 is 2.14 bits per heavy atom. The molecule has 0 atom stereocenters. The molecule has 0 aromatic rings. The maximum atomic E-state index is 9.26. The minimum absolute atomic E-state index is 0.720. The van der Waals surface area contributed by atoms with Crippen molar-refractivity contribution in [3.05, 3.63) is 0 Å². The van der Waals surface area contributed by atoms with Crippen LogP contribution in [-0.4, -0.2) is 0 Å². The second-order valence-corrected chi connectivity index (χ2v) is 1.71. The van der Waals surface area contributed by atoms with Crippen LogP contribution in [0.25, 0.3) is 0 Å². The van der Waals surface area contributed by atoms with E-state index in [0.29, 0.717) is 0 Å². The van der Waals surface area contributed by atoms with Gasteiger partial charge in [0.05, 0.1) is 0 Å². The van der Waals surface area contributed by atoms with Crippen molar-refractivity contribution in [1.82, 2.24) is 0 Å². The average molecular weight is 121 g/mol. The lowest BCUT2D eigenvalue weighted by Crippen LogP contribution is -2.13. The normalized spacial score (nSPS) is 9.86. The SMILES string of the molecule is N#COP(=O)([O-])[O-]. The average Bonchev–Trinajstić information content (AvgIpc) is 1.30. The molecule has 0 fully saturated rings. The van der Waals surface area contributed by atoms with E-state index in [-0.39, 0.29) is 0 Å². The van der Waals surface area contributed by atoms with E-state index in [2.05, 4.69) is 4.52 Å². The van der Waals surface area contributed by atoms with Crippen LogP contribution in [0.1, 0.15) is 0 Å². The molecule has 6 heteroatoms. The first-order valence-electron chi connectivity index (χ1n) is 1.16. The minimum atomic E-state index is -5.03. The Balaban J connectivity index is 3.65. The Morgan fingerprint density at radius 3 is 2.14 bits per heavy atom. The maximum Gasteiger partial charge on any atom is 0.289 e. The van der Waals surface area contributed by atoms with Gasteiger partial charge in [-0.05, 0) is 0 Å². The predicted molar refractivity (Wildman–Crippen MR) is 14.3 cm³/mol. The van der Waals surface area contributed by atoms with Crippen LogP contribution in [0.3, 0.4) is 0 Å². The lowest BCUT2D eigenvalue weighted by molar-refractivity contribution is -0.336. The van der Waals surface area contributed by atoms with E-state index >= 15 is 0 Å². The van der Waals surface area contributed by atoms with Crippen molar-refractivity contribution in [2.45, 2.75) is 0 Å². The fourth-order valence-corrected chi connectivity index (χ4v) is 0.150. The van der Waals surface area contributed by atoms with Gasteiger partial charge in [-0.2, -0.15) is 0 Å². The molecule has 0 heterocycles. The number of nitriles is 1. The molecule has 0 aromatic heterocycles. The molecule has 0 aliphatic heterocycles. The van der Waals surface area contributed by atoms with Gasteiger partial charge in [-0.15, -0.1) is 5.26 Å². The maximum absolute atomic E-state index is 9.26. The largest absolute Gasteiger partial charge is 0.779 e. The van der Waals surface area contributed by atoms with Gasteiger partial charge in [-0.1, -0.05) is 0 Å². The number of phosphoric acid groups is 1. The van der Waals surface area contributed by atoms with E-state index in [4.69, 9.17) is 5.26 Å². The van der Waals surface area contributed by atoms with E-state index < -0.39 is 7.82 Å². The van der Waals surface area contributed by atoms with E-state index in [1.165, 1.54) is 0 Å². The fraction of sp³-hybridized carbons (Fsp3) is 0. The molecule has 0 N–H and O–H groups in total. The van der Waals surface area contributed by atoms with Crippen LogP contribution in [0.4, 0.5) is 0 Å². The molecule has 0 aliphatic carbocycles. The van der Waals surface area contributed by atoms with Crippen molar-refractivity contribution in [2.24, 2.45) is 0 Å². The summed E-state index contributed by atoms with van der Waals surface area (Å²) in [6, 6.07) is 0. The molecule has 0 aliphatic rings. The summed E-state index contributed by atoms with van der Waals surface area (Å²) in [7, 11) is -5.03. The minimum Gasteiger partial charge on any atom is -0.779 e. The molecular weight excluding hydrogens is 121 g/mol. The highest BCUT2D eigenvalue weighted by Crippen LogP contribution is 2.22. The van der Waals surface area contributed by atoms with Gasteiger partial charge in [0.2, 0.25) is 0 Å². The van der Waals surface area contributed by atoms with Crippen LogP contribution in [0.5, 0.6) is 0 Å². The molecule has 0 bridgehead atoms. The Hall–Kier alpha value is -0.560. The number of nitrogens with zero attached hydrogens (tertiary/aromatic N) is 1. The molecule has 40 valence electrons. The van der Waals surface area contributed by atoms with Gasteiger partial charge in [0.25, 0.3) is 6.26 Å². The lowest BCUT2D eigenvalue weighted by atomic mass is 11.6. The Labute approximate surface area is 39.4 Å². The summed E-state index contributed by atoms with van der Waals surface area (Å²) in [5.74, 6) is 0. The van der Waals surface area contributed by atoms with Crippen LogP contribution in [0.2, 0.25) is 0 Å². The number of phosphoric ester groups is 1. The summed E-state index contributed by atoms with van der Waals surface area (Å²) in [5.41, 5.74) is 0. The third-order valence-corrected chi connectivity index (χ3v) is 0.458. The fourth-order valence-electron chi connectivity index (χ4n) is 0.0500. The van der Waals surface area contributed by atoms with Crippen LogP contribution in [0.15, 0.2) is 0 Å². The predicted octanol–water partition coefficient (Wildman–Crippen LogP) is -1.69. The second-order valence-electron chi connectivity index (χ2n) is 0.630. The van der Waals surface area contributed by atoms with Crippen LogP contribution < -0.4 is 9.79 Å². The van der Waals surface area contributed by atoms with E-state index in [1.807, 2.05) is 0 Å². The highest BCUT2D eigenvalue weighted by molar-refractivity contribution is 7.43. The van der Waals surface area contributed by atoms with Gasteiger partial charge in [0.1, 0.15) is 7.82 Å². The monoisotopic (exact) mass is 121 g/mol. The van der Waals surface area contributed by atoms with Crippen LogP contribution in [0, 0.1) is 11.5 Å². The van der Waals surface area contributed by atoms with Crippen molar-refractivity contribution in [3.63, 3.8) is 0 Å². The van der Waals surface area contributed by atoms with Crippen LogP contribution in [-0.2, 0) is 9.09 Å². The third kappa shape index (κ3) is 5.44. The van der Waals surface area contributed by atoms with Crippen molar-refractivity contribution in [2.75, 3.05) is 0 Å². The van der Waals surface area contributed by atoms with Crippen molar-refractivity contribution >= 4 is 7.82 Å². The van der Waals surface area contributed by atoms with Gasteiger partial charge in [0.15, 0.2) is 0 Å². The first kappa shape index (κ1) is 6.44. The van der Waals surface area contributed by atoms with Crippen LogP contribution >= 0.6 is 7.82 Å².